The van der Waals surface area contributed by atoms with E-state index in [2.05, 4.69) is 6.92 Å². The maximum atomic E-state index is 11.9. The standard InChI is InChI=1S/C16H23NO2/c1-16(9-5-6-10-16)11-14(17)15(18)19-12-13-7-3-2-4-8-13/h2-4,7-8,14H,5-6,9-12,17H2,1H3/t14-/m0/s1. The molecule has 0 aromatic heterocycles. The summed E-state index contributed by atoms with van der Waals surface area (Å²) >= 11 is 0. The van der Waals surface area contributed by atoms with E-state index in [1.807, 2.05) is 30.3 Å². The molecule has 2 rings (SSSR count). The van der Waals surface area contributed by atoms with Crippen LogP contribution >= 0.6 is 0 Å². The molecule has 2 N–H and O–H groups in total. The van der Waals surface area contributed by atoms with Gasteiger partial charge in [0, 0.05) is 0 Å². The summed E-state index contributed by atoms with van der Waals surface area (Å²) in [5.74, 6) is -0.281. The van der Waals surface area contributed by atoms with Gasteiger partial charge in [0.05, 0.1) is 0 Å². The summed E-state index contributed by atoms with van der Waals surface area (Å²) in [6, 6.07) is 9.20. The minimum atomic E-state index is -0.494. The van der Waals surface area contributed by atoms with Gasteiger partial charge < -0.3 is 10.5 Å². The van der Waals surface area contributed by atoms with Gasteiger partial charge in [0.15, 0.2) is 0 Å². The molecule has 1 aromatic rings. The van der Waals surface area contributed by atoms with Crippen LogP contribution in [0, 0.1) is 5.41 Å². The van der Waals surface area contributed by atoms with Gasteiger partial charge in [-0.3, -0.25) is 4.79 Å². The highest BCUT2D eigenvalue weighted by atomic mass is 16.5. The van der Waals surface area contributed by atoms with E-state index in [-0.39, 0.29) is 11.4 Å². The lowest BCUT2D eigenvalue weighted by molar-refractivity contribution is -0.147. The lowest BCUT2D eigenvalue weighted by atomic mass is 9.82. The van der Waals surface area contributed by atoms with E-state index in [1.54, 1.807) is 0 Å². The minimum absolute atomic E-state index is 0.227. The Hall–Kier alpha value is -1.35. The summed E-state index contributed by atoms with van der Waals surface area (Å²) in [7, 11) is 0. The van der Waals surface area contributed by atoms with E-state index in [4.69, 9.17) is 10.5 Å². The van der Waals surface area contributed by atoms with Crippen LogP contribution < -0.4 is 5.73 Å². The summed E-state index contributed by atoms with van der Waals surface area (Å²) in [4.78, 5) is 11.9. The molecule has 0 unspecified atom stereocenters. The molecule has 1 fully saturated rings. The smallest absolute Gasteiger partial charge is 0.323 e. The van der Waals surface area contributed by atoms with E-state index in [9.17, 15) is 4.79 Å². The van der Waals surface area contributed by atoms with Crippen LogP contribution in [0.1, 0.15) is 44.6 Å². The quantitative estimate of drug-likeness (QED) is 0.829. The molecule has 104 valence electrons. The van der Waals surface area contributed by atoms with Gasteiger partial charge in [0.1, 0.15) is 12.6 Å². The molecule has 0 amide bonds. The molecule has 1 aliphatic carbocycles. The first-order valence-corrected chi connectivity index (χ1v) is 7.05. The first-order chi connectivity index (χ1) is 9.09. The summed E-state index contributed by atoms with van der Waals surface area (Å²) < 4.78 is 5.28. The Morgan fingerprint density at radius 3 is 2.58 bits per heavy atom. The molecule has 19 heavy (non-hydrogen) atoms. The number of ether oxygens (including phenoxy) is 1. The summed E-state index contributed by atoms with van der Waals surface area (Å²) in [6.45, 7) is 2.54. The highest BCUT2D eigenvalue weighted by Gasteiger charge is 2.33. The molecule has 0 radical (unpaired) electrons. The third-order valence-corrected chi connectivity index (χ3v) is 4.05. The zero-order valence-electron chi connectivity index (χ0n) is 11.6. The second kappa shape index (κ2) is 6.20. The Balaban J connectivity index is 1.79. The predicted octanol–water partition coefficient (Wildman–Crippen LogP) is 3.03. The average molecular weight is 261 g/mol. The van der Waals surface area contributed by atoms with Gasteiger partial charge in [-0.2, -0.15) is 0 Å². The Labute approximate surface area is 115 Å². The summed E-state index contributed by atoms with van der Waals surface area (Å²) in [6.07, 6.45) is 5.59. The van der Waals surface area contributed by atoms with Crippen LogP contribution in [-0.2, 0) is 16.1 Å². The normalized spacial score (nSPS) is 19.1. The lowest BCUT2D eigenvalue weighted by Crippen LogP contribution is -2.36. The van der Waals surface area contributed by atoms with Crippen molar-refractivity contribution in [1.29, 1.82) is 0 Å². The van der Waals surface area contributed by atoms with Crippen LogP contribution in [0.4, 0.5) is 0 Å². The first kappa shape index (κ1) is 14.1. The molecule has 0 aliphatic heterocycles. The number of carbonyl (C=O) groups excluding carboxylic acids is 1. The molecule has 1 aromatic carbocycles. The second-order valence-corrected chi connectivity index (χ2v) is 5.92. The van der Waals surface area contributed by atoms with Gasteiger partial charge in [-0.1, -0.05) is 50.1 Å². The van der Waals surface area contributed by atoms with Crippen LogP contribution in [0.5, 0.6) is 0 Å². The van der Waals surface area contributed by atoms with Gasteiger partial charge in [-0.15, -0.1) is 0 Å². The van der Waals surface area contributed by atoms with Crippen molar-refractivity contribution in [3.63, 3.8) is 0 Å². The van der Waals surface area contributed by atoms with E-state index < -0.39 is 6.04 Å². The third kappa shape index (κ3) is 4.06. The predicted molar refractivity (Wildman–Crippen MR) is 75.4 cm³/mol. The van der Waals surface area contributed by atoms with Crippen LogP contribution in [0.3, 0.4) is 0 Å². The fourth-order valence-corrected chi connectivity index (χ4v) is 2.88. The zero-order chi connectivity index (χ0) is 13.7. The van der Waals surface area contributed by atoms with Gasteiger partial charge in [0.2, 0.25) is 0 Å². The van der Waals surface area contributed by atoms with Crippen LogP contribution in [0.25, 0.3) is 0 Å². The zero-order valence-corrected chi connectivity index (χ0v) is 11.6. The van der Waals surface area contributed by atoms with Crippen molar-refractivity contribution in [3.8, 4) is 0 Å². The SMILES string of the molecule is CC1(C[C@H](N)C(=O)OCc2ccccc2)CCCC1. The molecule has 1 aliphatic rings. The molecule has 0 saturated heterocycles. The first-order valence-electron chi connectivity index (χ1n) is 7.05. The van der Waals surface area contributed by atoms with Crippen molar-refractivity contribution >= 4 is 5.97 Å². The lowest BCUT2D eigenvalue weighted by Gasteiger charge is -2.26. The van der Waals surface area contributed by atoms with Gasteiger partial charge in [-0.05, 0) is 30.2 Å². The molecule has 1 saturated carbocycles. The fraction of sp³-hybridized carbons (Fsp3) is 0.562. The largest absolute Gasteiger partial charge is 0.460 e. The molecule has 3 nitrogen and oxygen atoms in total. The maximum Gasteiger partial charge on any atom is 0.323 e. The Morgan fingerprint density at radius 1 is 1.32 bits per heavy atom. The van der Waals surface area contributed by atoms with E-state index >= 15 is 0 Å². The number of hydrogen-bond donors (Lipinski definition) is 1. The fourth-order valence-electron chi connectivity index (χ4n) is 2.88. The minimum Gasteiger partial charge on any atom is -0.460 e. The van der Waals surface area contributed by atoms with Crippen molar-refractivity contribution in [2.75, 3.05) is 0 Å². The number of nitrogens with two attached hydrogens (primary N) is 1. The molecular formula is C16H23NO2. The molecule has 0 heterocycles. The number of esters is 1. The van der Waals surface area contributed by atoms with Crippen LogP contribution in [0.2, 0.25) is 0 Å². The number of carbonyl (C=O) groups is 1. The number of rotatable bonds is 5. The van der Waals surface area contributed by atoms with E-state index in [1.165, 1.54) is 25.7 Å². The average Bonchev–Trinajstić information content (AvgIpc) is 2.83. The van der Waals surface area contributed by atoms with Gasteiger partial charge >= 0.3 is 5.97 Å². The Kier molecular flexibility index (Phi) is 4.59. The Morgan fingerprint density at radius 2 is 1.95 bits per heavy atom. The van der Waals surface area contributed by atoms with Crippen LogP contribution in [0.15, 0.2) is 30.3 Å². The topological polar surface area (TPSA) is 52.3 Å². The van der Waals surface area contributed by atoms with Crippen molar-refractivity contribution in [1.82, 2.24) is 0 Å². The third-order valence-electron chi connectivity index (χ3n) is 4.05. The maximum absolute atomic E-state index is 11.9. The highest BCUT2D eigenvalue weighted by molar-refractivity contribution is 5.75. The monoisotopic (exact) mass is 261 g/mol. The van der Waals surface area contributed by atoms with Crippen LogP contribution in [-0.4, -0.2) is 12.0 Å². The van der Waals surface area contributed by atoms with Crippen molar-refractivity contribution in [3.05, 3.63) is 35.9 Å². The molecule has 1 atom stereocenters. The second-order valence-electron chi connectivity index (χ2n) is 5.92. The van der Waals surface area contributed by atoms with Crippen molar-refractivity contribution < 1.29 is 9.53 Å². The van der Waals surface area contributed by atoms with Gasteiger partial charge in [0.25, 0.3) is 0 Å². The number of hydrogen-bond acceptors (Lipinski definition) is 3. The highest BCUT2D eigenvalue weighted by Crippen LogP contribution is 2.41. The molecule has 0 bridgehead atoms. The van der Waals surface area contributed by atoms with Crippen molar-refractivity contribution in [2.45, 2.75) is 51.7 Å². The Bertz CT molecular complexity index is 410. The summed E-state index contributed by atoms with van der Waals surface area (Å²) in [5, 5.41) is 0. The van der Waals surface area contributed by atoms with E-state index in [0.717, 1.165) is 12.0 Å². The van der Waals surface area contributed by atoms with E-state index in [0.29, 0.717) is 6.61 Å². The van der Waals surface area contributed by atoms with Gasteiger partial charge in [-0.25, -0.2) is 0 Å². The number of benzene rings is 1. The molecular weight excluding hydrogens is 238 g/mol. The summed E-state index contributed by atoms with van der Waals surface area (Å²) in [5.41, 5.74) is 7.19. The molecule has 3 heteroatoms. The molecule has 0 spiro atoms. The van der Waals surface area contributed by atoms with Crippen molar-refractivity contribution in [2.24, 2.45) is 11.1 Å².